The number of carbonyl (C=O) groups is 1. The zero-order valence-electron chi connectivity index (χ0n) is 13.1. The topological polar surface area (TPSA) is 41.1 Å². The summed E-state index contributed by atoms with van der Waals surface area (Å²) in [5, 5.41) is 6.71. The number of anilines is 2. The van der Waals surface area contributed by atoms with E-state index in [1.54, 1.807) is 6.92 Å². The van der Waals surface area contributed by atoms with Crippen molar-refractivity contribution < 1.29 is 4.79 Å². The third-order valence-electron chi connectivity index (χ3n) is 3.63. The number of nitrogens with one attached hydrogen (secondary N) is 2. The number of unbranched alkanes of at least 4 members (excludes halogenated alkanes) is 1. The monoisotopic (exact) mass is 296 g/mol. The molecule has 3 nitrogen and oxygen atoms in total. The summed E-state index contributed by atoms with van der Waals surface area (Å²) < 4.78 is 0. The second-order valence-corrected chi connectivity index (χ2v) is 5.46. The first kappa shape index (κ1) is 16.1. The second-order valence-electron chi connectivity index (χ2n) is 5.46. The van der Waals surface area contributed by atoms with Crippen LogP contribution in [0.3, 0.4) is 0 Å². The number of rotatable bonds is 9. The summed E-state index contributed by atoms with van der Waals surface area (Å²) in [5.41, 5.74) is 2.15. The highest BCUT2D eigenvalue weighted by atomic mass is 16.1. The second kappa shape index (κ2) is 8.88. The van der Waals surface area contributed by atoms with Gasteiger partial charge in [0.2, 0.25) is 0 Å². The molecule has 0 aliphatic carbocycles. The van der Waals surface area contributed by atoms with Gasteiger partial charge in [0.25, 0.3) is 0 Å². The average Bonchev–Trinajstić information content (AvgIpc) is 2.55. The van der Waals surface area contributed by atoms with Crippen LogP contribution in [0.15, 0.2) is 60.7 Å². The summed E-state index contributed by atoms with van der Waals surface area (Å²) in [6.45, 7) is 2.59. The van der Waals surface area contributed by atoms with Gasteiger partial charge in [0.05, 0.1) is 6.04 Å². The lowest BCUT2D eigenvalue weighted by Gasteiger charge is -2.17. The minimum Gasteiger partial charge on any atom is -0.385 e. The van der Waals surface area contributed by atoms with E-state index in [1.807, 2.05) is 48.5 Å². The highest BCUT2D eigenvalue weighted by Crippen LogP contribution is 2.12. The van der Waals surface area contributed by atoms with E-state index in [1.165, 1.54) is 0 Å². The van der Waals surface area contributed by atoms with E-state index in [0.29, 0.717) is 0 Å². The van der Waals surface area contributed by atoms with Crippen LogP contribution < -0.4 is 10.6 Å². The van der Waals surface area contributed by atoms with E-state index in [0.717, 1.165) is 37.2 Å². The minimum atomic E-state index is -0.0980. The standard InChI is InChI=1S/C19H24N2O/c1-16(22)19(21-18-12-6-3-7-13-18)14-8-9-15-20-17-10-4-2-5-11-17/h2-7,10-13,19-21H,8-9,14-15H2,1H3. The first-order valence-electron chi connectivity index (χ1n) is 7.86. The molecule has 2 aromatic carbocycles. The predicted molar refractivity (Wildman–Crippen MR) is 93.3 cm³/mol. The molecule has 0 spiro atoms. The average molecular weight is 296 g/mol. The van der Waals surface area contributed by atoms with Crippen LogP contribution in [0.2, 0.25) is 0 Å². The number of benzene rings is 2. The first-order valence-corrected chi connectivity index (χ1v) is 7.86. The Morgan fingerprint density at radius 1 is 0.909 bits per heavy atom. The lowest BCUT2D eigenvalue weighted by Crippen LogP contribution is -2.27. The van der Waals surface area contributed by atoms with Crippen molar-refractivity contribution in [3.8, 4) is 0 Å². The molecule has 0 aliphatic rings. The summed E-state index contributed by atoms with van der Waals surface area (Å²) >= 11 is 0. The lowest BCUT2D eigenvalue weighted by atomic mass is 10.1. The van der Waals surface area contributed by atoms with Crippen molar-refractivity contribution in [2.45, 2.75) is 32.2 Å². The van der Waals surface area contributed by atoms with Gasteiger partial charge < -0.3 is 10.6 Å². The number of hydrogen-bond donors (Lipinski definition) is 2. The van der Waals surface area contributed by atoms with E-state index < -0.39 is 0 Å². The molecule has 2 N–H and O–H groups in total. The maximum Gasteiger partial charge on any atom is 0.151 e. The molecule has 1 atom stereocenters. The van der Waals surface area contributed by atoms with Crippen LogP contribution in [0.4, 0.5) is 11.4 Å². The van der Waals surface area contributed by atoms with Crippen molar-refractivity contribution in [2.75, 3.05) is 17.2 Å². The molecule has 0 saturated carbocycles. The molecule has 0 heterocycles. The normalized spacial score (nSPS) is 11.7. The zero-order valence-corrected chi connectivity index (χ0v) is 13.1. The summed E-state index contributed by atoms with van der Waals surface area (Å²) in [6.07, 6.45) is 2.93. The quantitative estimate of drug-likeness (QED) is 0.676. The van der Waals surface area contributed by atoms with Crippen LogP contribution in [0.25, 0.3) is 0 Å². The Labute approximate surface area is 132 Å². The Balaban J connectivity index is 1.70. The van der Waals surface area contributed by atoms with Gasteiger partial charge in [0.1, 0.15) is 0 Å². The lowest BCUT2D eigenvalue weighted by molar-refractivity contribution is -0.117. The summed E-state index contributed by atoms with van der Waals surface area (Å²) in [6, 6.07) is 20.0. The van der Waals surface area contributed by atoms with E-state index in [-0.39, 0.29) is 11.8 Å². The molecule has 0 fully saturated rings. The molecule has 0 saturated heterocycles. The Morgan fingerprint density at radius 3 is 2.09 bits per heavy atom. The number of ketones is 1. The third-order valence-corrected chi connectivity index (χ3v) is 3.63. The number of Topliss-reactive ketones (excluding diaryl/α,β-unsaturated/α-hetero) is 1. The summed E-state index contributed by atoms with van der Waals surface area (Å²) in [7, 11) is 0. The predicted octanol–water partition coefficient (Wildman–Crippen LogP) is 4.34. The molecule has 0 aliphatic heterocycles. The van der Waals surface area contributed by atoms with Crippen molar-refractivity contribution in [1.82, 2.24) is 0 Å². The molecule has 3 heteroatoms. The van der Waals surface area contributed by atoms with Crippen molar-refractivity contribution in [2.24, 2.45) is 0 Å². The molecular formula is C19H24N2O. The molecule has 0 aromatic heterocycles. The van der Waals surface area contributed by atoms with E-state index >= 15 is 0 Å². The van der Waals surface area contributed by atoms with Gasteiger partial charge in [-0.1, -0.05) is 36.4 Å². The number of para-hydroxylation sites is 2. The van der Waals surface area contributed by atoms with Crippen molar-refractivity contribution in [3.63, 3.8) is 0 Å². The SMILES string of the molecule is CC(=O)C(CCCCNc1ccccc1)Nc1ccccc1. The highest BCUT2D eigenvalue weighted by Gasteiger charge is 2.13. The fourth-order valence-corrected chi connectivity index (χ4v) is 2.37. The van der Waals surface area contributed by atoms with Crippen LogP contribution in [0.5, 0.6) is 0 Å². The molecule has 22 heavy (non-hydrogen) atoms. The summed E-state index contributed by atoms with van der Waals surface area (Å²) in [5.74, 6) is 0.194. The Morgan fingerprint density at radius 2 is 1.50 bits per heavy atom. The van der Waals surface area contributed by atoms with Gasteiger partial charge in [-0.3, -0.25) is 4.79 Å². The maximum atomic E-state index is 11.8. The zero-order chi connectivity index (χ0) is 15.6. The molecule has 0 bridgehead atoms. The Kier molecular flexibility index (Phi) is 6.49. The van der Waals surface area contributed by atoms with Crippen LogP contribution in [-0.4, -0.2) is 18.4 Å². The smallest absolute Gasteiger partial charge is 0.151 e. The Hall–Kier alpha value is -2.29. The minimum absolute atomic E-state index is 0.0980. The van der Waals surface area contributed by atoms with Gasteiger partial charge >= 0.3 is 0 Å². The molecule has 1 unspecified atom stereocenters. The molecule has 2 aromatic rings. The molecule has 0 radical (unpaired) electrons. The van der Waals surface area contributed by atoms with Crippen LogP contribution >= 0.6 is 0 Å². The van der Waals surface area contributed by atoms with E-state index in [9.17, 15) is 4.79 Å². The number of hydrogen-bond acceptors (Lipinski definition) is 3. The Bertz CT molecular complexity index is 554. The van der Waals surface area contributed by atoms with Gasteiger partial charge in [-0.25, -0.2) is 0 Å². The fraction of sp³-hybridized carbons (Fsp3) is 0.316. The third kappa shape index (κ3) is 5.60. The van der Waals surface area contributed by atoms with E-state index in [2.05, 4.69) is 22.8 Å². The van der Waals surface area contributed by atoms with E-state index in [4.69, 9.17) is 0 Å². The van der Waals surface area contributed by atoms with Gasteiger partial charge in [0, 0.05) is 17.9 Å². The first-order chi connectivity index (χ1) is 10.8. The van der Waals surface area contributed by atoms with Gasteiger partial charge in [0.15, 0.2) is 5.78 Å². The van der Waals surface area contributed by atoms with Crippen LogP contribution in [0, 0.1) is 0 Å². The summed E-state index contributed by atoms with van der Waals surface area (Å²) in [4.78, 5) is 11.8. The van der Waals surface area contributed by atoms with Gasteiger partial charge in [-0.2, -0.15) is 0 Å². The van der Waals surface area contributed by atoms with Gasteiger partial charge in [-0.15, -0.1) is 0 Å². The van der Waals surface area contributed by atoms with Crippen molar-refractivity contribution in [3.05, 3.63) is 60.7 Å². The molecule has 116 valence electrons. The maximum absolute atomic E-state index is 11.8. The molecule has 2 rings (SSSR count). The van der Waals surface area contributed by atoms with Gasteiger partial charge in [-0.05, 0) is 50.5 Å². The highest BCUT2D eigenvalue weighted by molar-refractivity contribution is 5.84. The molecular weight excluding hydrogens is 272 g/mol. The largest absolute Gasteiger partial charge is 0.385 e. The van der Waals surface area contributed by atoms with Crippen LogP contribution in [0.1, 0.15) is 26.2 Å². The van der Waals surface area contributed by atoms with Crippen molar-refractivity contribution >= 4 is 17.2 Å². The van der Waals surface area contributed by atoms with Crippen molar-refractivity contribution in [1.29, 1.82) is 0 Å². The van der Waals surface area contributed by atoms with Crippen LogP contribution in [-0.2, 0) is 4.79 Å². The fourth-order valence-electron chi connectivity index (χ4n) is 2.37. The number of carbonyl (C=O) groups excluding carboxylic acids is 1. The molecule has 0 amide bonds.